The topological polar surface area (TPSA) is 34.1 Å². The van der Waals surface area contributed by atoms with Gasteiger partial charge in [-0.3, -0.25) is 0 Å². The van der Waals surface area contributed by atoms with E-state index in [4.69, 9.17) is 0 Å². The average molecular weight is 160 g/mol. The van der Waals surface area contributed by atoms with E-state index in [1.165, 1.54) is 20.8 Å². The molecule has 0 atom stereocenters. The second-order valence-electron chi connectivity index (χ2n) is 1.34. The maximum atomic E-state index is 9.44. The Kier molecular flexibility index (Phi) is 9.18. The molecule has 0 aliphatic heterocycles. The summed E-state index contributed by atoms with van der Waals surface area (Å²) in [5.41, 5.74) is 0. The zero-order valence-electron chi connectivity index (χ0n) is 5.13. The van der Waals surface area contributed by atoms with Gasteiger partial charge in [-0.25, -0.2) is 0 Å². The first-order chi connectivity index (χ1) is 3.46. The third kappa shape index (κ3) is 4920. The van der Waals surface area contributed by atoms with Crippen LogP contribution in [0.25, 0.3) is 0 Å². The first kappa shape index (κ1) is 10.7. The first-order valence-corrected chi connectivity index (χ1v) is 2.56. The summed E-state index contributed by atoms with van der Waals surface area (Å²) in [5.74, 6) is 0.167. The van der Waals surface area contributed by atoms with E-state index < -0.39 is 0 Å². The van der Waals surface area contributed by atoms with Crippen LogP contribution in [0.3, 0.4) is 0 Å². The standard InChI is InChI=1S/C3H6O.C2H3O.Ni/c1-3(2)4;1-2-3;/h1-2H3;1H3;. The van der Waals surface area contributed by atoms with Crippen LogP contribution in [0.4, 0.5) is 0 Å². The van der Waals surface area contributed by atoms with Gasteiger partial charge in [0.05, 0.1) is 0 Å². The molecular weight excluding hydrogens is 151 g/mol. The molecule has 0 N–H and O–H groups in total. The molecule has 51 valence electrons. The number of rotatable bonds is 0. The molecule has 2 nitrogen and oxygen atoms in total. The van der Waals surface area contributed by atoms with Crippen molar-refractivity contribution in [3.8, 4) is 0 Å². The van der Waals surface area contributed by atoms with Gasteiger partial charge in [0.15, 0.2) is 0 Å². The Hall–Kier alpha value is -0.166. The molecule has 8 heavy (non-hydrogen) atoms. The van der Waals surface area contributed by atoms with Crippen LogP contribution in [-0.2, 0) is 25.1 Å². The van der Waals surface area contributed by atoms with E-state index in [-0.39, 0.29) is 10.5 Å². The number of Topliss-reactive ketones (excluding diaryl/α,β-unsaturated/α-hetero) is 1. The van der Waals surface area contributed by atoms with Gasteiger partial charge in [-0.1, -0.05) is 0 Å². The average Bonchev–Trinajstić information content (AvgIpc) is 1.25. The molecule has 0 amide bonds. The summed E-state index contributed by atoms with van der Waals surface area (Å²) >= 11 is 3.74. The molecule has 0 rings (SSSR count). The number of carbonyl (C=O) groups excluding carboxylic acids is 2. The van der Waals surface area contributed by atoms with Crippen LogP contribution in [0.1, 0.15) is 20.8 Å². The van der Waals surface area contributed by atoms with Gasteiger partial charge in [-0.2, -0.15) is 0 Å². The predicted octanol–water partition coefficient (Wildman–Crippen LogP) is 0.675. The van der Waals surface area contributed by atoms with Crippen LogP contribution < -0.4 is 0 Å². The molecule has 0 aliphatic rings. The Balaban J connectivity index is 0. The minimum absolute atomic E-state index is 0.167. The van der Waals surface area contributed by atoms with Crippen molar-refractivity contribution in [1.29, 1.82) is 0 Å². The van der Waals surface area contributed by atoms with Gasteiger partial charge in [-0.05, 0) is 13.8 Å². The molecular formula is C5H9NiO2. The van der Waals surface area contributed by atoms with Crippen LogP contribution in [0, 0.1) is 0 Å². The van der Waals surface area contributed by atoms with Gasteiger partial charge in [0.1, 0.15) is 5.78 Å². The molecule has 0 spiro atoms. The van der Waals surface area contributed by atoms with Crippen molar-refractivity contribution < 1.29 is 25.1 Å². The molecule has 0 aromatic heterocycles. The van der Waals surface area contributed by atoms with Crippen molar-refractivity contribution >= 4 is 10.5 Å². The Morgan fingerprint density at radius 3 is 1.12 bits per heavy atom. The minimum atomic E-state index is -0.208. The van der Waals surface area contributed by atoms with Crippen molar-refractivity contribution in [3.05, 3.63) is 0 Å². The molecule has 0 bridgehead atoms. The number of hydrogen-bond acceptors (Lipinski definition) is 2. The summed E-state index contributed by atoms with van der Waals surface area (Å²) in [6.07, 6.45) is 0. The van der Waals surface area contributed by atoms with Crippen molar-refractivity contribution in [1.82, 2.24) is 0 Å². The summed E-state index contributed by atoms with van der Waals surface area (Å²) in [6.45, 7) is 4.42. The first-order valence-electron chi connectivity index (χ1n) is 2.07. The normalized spacial score (nSPS) is 6.62. The second-order valence-corrected chi connectivity index (χ2v) is 2.03. The van der Waals surface area contributed by atoms with Crippen LogP contribution in [-0.4, -0.2) is 10.5 Å². The van der Waals surface area contributed by atoms with Crippen LogP contribution in [0.15, 0.2) is 0 Å². The third-order valence-electron chi connectivity index (χ3n) is 0. The Labute approximate surface area is 57.0 Å². The van der Waals surface area contributed by atoms with Crippen molar-refractivity contribution in [2.24, 2.45) is 0 Å². The van der Waals surface area contributed by atoms with Crippen molar-refractivity contribution in [2.75, 3.05) is 0 Å². The Morgan fingerprint density at radius 1 is 1.12 bits per heavy atom. The van der Waals surface area contributed by atoms with Crippen LogP contribution in [0.2, 0.25) is 0 Å². The fourth-order valence-electron chi connectivity index (χ4n) is 0. The molecule has 0 aliphatic carbocycles. The van der Waals surface area contributed by atoms with Crippen molar-refractivity contribution in [3.63, 3.8) is 0 Å². The SMILES string of the molecule is CC(C)=O.C[C](=O)[Ni]. The Bertz CT molecular complexity index is 68.4. The summed E-state index contributed by atoms with van der Waals surface area (Å²) < 4.78 is -0.208. The Morgan fingerprint density at radius 2 is 1.12 bits per heavy atom. The summed E-state index contributed by atoms with van der Waals surface area (Å²) in [4.78, 5) is 18.7. The molecule has 0 saturated carbocycles. The molecule has 0 radical (unpaired) electrons. The van der Waals surface area contributed by atoms with E-state index in [9.17, 15) is 9.59 Å². The number of ketones is 1. The maximum absolute atomic E-state index is 9.44. The predicted molar refractivity (Wildman–Crippen MR) is 27.0 cm³/mol. The van der Waals surface area contributed by atoms with E-state index in [1.807, 2.05) is 0 Å². The van der Waals surface area contributed by atoms with E-state index >= 15 is 0 Å². The van der Waals surface area contributed by atoms with Gasteiger partial charge in [0, 0.05) is 0 Å². The molecule has 0 aromatic rings. The van der Waals surface area contributed by atoms with Gasteiger partial charge in [0.2, 0.25) is 0 Å². The van der Waals surface area contributed by atoms with Crippen LogP contribution >= 0.6 is 0 Å². The molecule has 0 saturated heterocycles. The summed E-state index contributed by atoms with van der Waals surface area (Å²) in [6, 6.07) is 0. The van der Waals surface area contributed by atoms with Gasteiger partial charge < -0.3 is 4.79 Å². The van der Waals surface area contributed by atoms with E-state index in [2.05, 4.69) is 15.5 Å². The number of hydrogen-bond donors (Lipinski definition) is 0. The molecule has 0 aromatic carbocycles. The quantitative estimate of drug-likeness (QED) is 0.488. The van der Waals surface area contributed by atoms with Crippen LogP contribution in [0.5, 0.6) is 0 Å². The van der Waals surface area contributed by atoms with E-state index in [1.54, 1.807) is 0 Å². The third-order valence-corrected chi connectivity index (χ3v) is 0. The fourth-order valence-corrected chi connectivity index (χ4v) is 0. The summed E-state index contributed by atoms with van der Waals surface area (Å²) in [7, 11) is 0. The van der Waals surface area contributed by atoms with Gasteiger partial charge in [-0.15, -0.1) is 0 Å². The fraction of sp³-hybridized carbons (Fsp3) is 0.600. The van der Waals surface area contributed by atoms with Gasteiger partial charge >= 0.3 is 31.9 Å². The van der Waals surface area contributed by atoms with E-state index in [0.717, 1.165) is 0 Å². The van der Waals surface area contributed by atoms with E-state index in [0.29, 0.717) is 0 Å². The summed E-state index contributed by atoms with van der Waals surface area (Å²) in [5, 5.41) is 0. The molecule has 3 heteroatoms. The zero-order chi connectivity index (χ0) is 7.15. The number of carbonyl (C=O) groups is 2. The second kappa shape index (κ2) is 6.83. The molecule has 0 heterocycles. The van der Waals surface area contributed by atoms with Crippen molar-refractivity contribution in [2.45, 2.75) is 20.8 Å². The molecule has 0 fully saturated rings. The van der Waals surface area contributed by atoms with Gasteiger partial charge in [0.25, 0.3) is 0 Å². The molecule has 0 unspecified atom stereocenters. The monoisotopic (exact) mass is 159 g/mol. The zero-order valence-corrected chi connectivity index (χ0v) is 6.12.